The molecule has 0 radical (unpaired) electrons. The zero-order valence-electron chi connectivity index (χ0n) is 14.2. The molecular formula is C18H16BrN3O3S. The van der Waals surface area contributed by atoms with Crippen LogP contribution in [0.3, 0.4) is 0 Å². The van der Waals surface area contributed by atoms with Gasteiger partial charge in [-0.3, -0.25) is 19.9 Å². The van der Waals surface area contributed by atoms with Crippen LogP contribution in [0.2, 0.25) is 0 Å². The molecule has 0 aliphatic rings. The van der Waals surface area contributed by atoms with E-state index in [-0.39, 0.29) is 18.3 Å². The molecule has 6 nitrogen and oxygen atoms in total. The molecule has 1 aromatic carbocycles. The number of amides is 1. The van der Waals surface area contributed by atoms with Gasteiger partial charge in [0.1, 0.15) is 0 Å². The van der Waals surface area contributed by atoms with Crippen LogP contribution >= 0.6 is 27.3 Å². The van der Waals surface area contributed by atoms with Crippen molar-refractivity contribution in [3.8, 4) is 0 Å². The summed E-state index contributed by atoms with van der Waals surface area (Å²) in [7, 11) is 0. The third kappa shape index (κ3) is 4.25. The number of nitrogens with zero attached hydrogens (tertiary/aromatic N) is 2. The molecule has 3 aromatic rings. The van der Waals surface area contributed by atoms with Crippen LogP contribution in [0.4, 0.5) is 5.13 Å². The first-order chi connectivity index (χ1) is 12.5. The van der Waals surface area contributed by atoms with E-state index in [1.54, 1.807) is 18.4 Å². The third-order valence-corrected chi connectivity index (χ3v) is 4.85. The molecule has 1 amide bonds. The summed E-state index contributed by atoms with van der Waals surface area (Å²) in [6.07, 6.45) is 0.0878. The number of aromatic nitrogens is 2. The molecule has 2 heterocycles. The number of aryl methyl sites for hydroxylation is 1. The fourth-order valence-electron chi connectivity index (χ4n) is 2.49. The number of ether oxygens (including phenoxy) is 1. The van der Waals surface area contributed by atoms with Crippen LogP contribution in [0.25, 0.3) is 10.9 Å². The van der Waals surface area contributed by atoms with Crippen molar-refractivity contribution in [2.75, 3.05) is 11.9 Å². The molecule has 0 spiro atoms. The van der Waals surface area contributed by atoms with Crippen LogP contribution in [0.15, 0.2) is 34.1 Å². The zero-order chi connectivity index (χ0) is 18.7. The van der Waals surface area contributed by atoms with Gasteiger partial charge in [0.2, 0.25) is 0 Å². The molecule has 2 aromatic heterocycles. The summed E-state index contributed by atoms with van der Waals surface area (Å²) in [5, 5.41) is 5.72. The van der Waals surface area contributed by atoms with Crippen LogP contribution < -0.4 is 5.32 Å². The Labute approximate surface area is 162 Å². The van der Waals surface area contributed by atoms with Gasteiger partial charge in [-0.05, 0) is 38.1 Å². The average molecular weight is 434 g/mol. The first-order valence-corrected chi connectivity index (χ1v) is 9.62. The number of nitrogens with one attached hydrogen (secondary N) is 1. The Morgan fingerprint density at radius 3 is 2.85 bits per heavy atom. The molecule has 0 unspecified atom stereocenters. The molecule has 0 aliphatic carbocycles. The highest BCUT2D eigenvalue weighted by molar-refractivity contribution is 9.10. The number of fused-ring (bicyclic) bond motifs is 1. The van der Waals surface area contributed by atoms with Gasteiger partial charge in [-0.25, -0.2) is 4.98 Å². The number of anilines is 1. The predicted molar refractivity (Wildman–Crippen MR) is 105 cm³/mol. The maximum absolute atomic E-state index is 12.7. The number of hydrogen-bond donors (Lipinski definition) is 1. The van der Waals surface area contributed by atoms with Gasteiger partial charge >= 0.3 is 5.97 Å². The van der Waals surface area contributed by atoms with E-state index in [4.69, 9.17) is 4.74 Å². The summed E-state index contributed by atoms with van der Waals surface area (Å²) >= 11 is 4.70. The Morgan fingerprint density at radius 2 is 2.08 bits per heavy atom. The number of benzene rings is 1. The van der Waals surface area contributed by atoms with E-state index < -0.39 is 0 Å². The van der Waals surface area contributed by atoms with Crippen molar-refractivity contribution in [1.82, 2.24) is 9.97 Å². The summed E-state index contributed by atoms with van der Waals surface area (Å²) in [6.45, 7) is 3.93. The van der Waals surface area contributed by atoms with Gasteiger partial charge in [0, 0.05) is 20.9 Å². The van der Waals surface area contributed by atoms with Crippen molar-refractivity contribution in [3.05, 3.63) is 51.1 Å². The Balaban J connectivity index is 1.83. The Morgan fingerprint density at radius 1 is 1.27 bits per heavy atom. The van der Waals surface area contributed by atoms with E-state index in [2.05, 4.69) is 31.2 Å². The lowest BCUT2D eigenvalue weighted by Crippen LogP contribution is -2.13. The summed E-state index contributed by atoms with van der Waals surface area (Å²) < 4.78 is 5.78. The maximum atomic E-state index is 12.7. The molecule has 0 bridgehead atoms. The summed E-state index contributed by atoms with van der Waals surface area (Å²) in [5.41, 5.74) is 2.60. The maximum Gasteiger partial charge on any atom is 0.311 e. The number of rotatable bonds is 5. The van der Waals surface area contributed by atoms with Crippen LogP contribution in [-0.2, 0) is 16.0 Å². The van der Waals surface area contributed by atoms with Crippen molar-refractivity contribution >= 4 is 55.2 Å². The van der Waals surface area contributed by atoms with E-state index in [1.807, 2.05) is 25.1 Å². The van der Waals surface area contributed by atoms with E-state index in [1.165, 1.54) is 11.3 Å². The molecule has 0 aliphatic heterocycles. The van der Waals surface area contributed by atoms with E-state index in [0.29, 0.717) is 23.0 Å². The van der Waals surface area contributed by atoms with E-state index in [0.717, 1.165) is 21.1 Å². The molecule has 0 saturated carbocycles. The molecule has 0 saturated heterocycles. The van der Waals surface area contributed by atoms with Crippen molar-refractivity contribution in [3.63, 3.8) is 0 Å². The minimum atomic E-state index is -0.337. The highest BCUT2D eigenvalue weighted by Crippen LogP contribution is 2.24. The Bertz CT molecular complexity index is 987. The number of thiazole rings is 1. The SMILES string of the molecule is CCOC(=O)Cc1csc(NC(=O)c2cc(C)nc3ccc(Br)cc23)n1. The number of carbonyl (C=O) groups excluding carboxylic acids is 2. The first-order valence-electron chi connectivity index (χ1n) is 7.94. The highest BCUT2D eigenvalue weighted by Gasteiger charge is 2.15. The summed E-state index contributed by atoms with van der Waals surface area (Å²) in [6, 6.07) is 7.37. The van der Waals surface area contributed by atoms with Crippen molar-refractivity contribution in [2.24, 2.45) is 0 Å². The first kappa shape index (κ1) is 18.5. The molecule has 1 N–H and O–H groups in total. The topological polar surface area (TPSA) is 81.2 Å². The molecule has 3 rings (SSSR count). The second-order valence-electron chi connectivity index (χ2n) is 5.55. The number of hydrogen-bond acceptors (Lipinski definition) is 6. The molecule has 8 heteroatoms. The predicted octanol–water partition coefficient (Wildman–Crippen LogP) is 4.12. The molecule has 0 atom stereocenters. The second-order valence-corrected chi connectivity index (χ2v) is 7.33. The van der Waals surface area contributed by atoms with Crippen molar-refractivity contribution < 1.29 is 14.3 Å². The fourth-order valence-corrected chi connectivity index (χ4v) is 3.55. The lowest BCUT2D eigenvalue weighted by atomic mass is 10.1. The van der Waals surface area contributed by atoms with Gasteiger partial charge in [0.15, 0.2) is 5.13 Å². The summed E-state index contributed by atoms with van der Waals surface area (Å²) in [5.74, 6) is -0.605. The van der Waals surface area contributed by atoms with Crippen LogP contribution in [-0.4, -0.2) is 28.5 Å². The van der Waals surface area contributed by atoms with Gasteiger partial charge in [-0.2, -0.15) is 0 Å². The minimum absolute atomic E-state index is 0.0878. The smallest absolute Gasteiger partial charge is 0.311 e. The molecule has 26 heavy (non-hydrogen) atoms. The van der Waals surface area contributed by atoms with E-state index in [9.17, 15) is 9.59 Å². The number of carbonyl (C=O) groups is 2. The molecular weight excluding hydrogens is 418 g/mol. The van der Waals surface area contributed by atoms with Gasteiger partial charge < -0.3 is 4.74 Å². The normalized spacial score (nSPS) is 10.7. The fraction of sp³-hybridized carbons (Fsp3) is 0.222. The largest absolute Gasteiger partial charge is 0.466 e. The third-order valence-electron chi connectivity index (χ3n) is 3.55. The minimum Gasteiger partial charge on any atom is -0.466 e. The van der Waals surface area contributed by atoms with Gasteiger partial charge in [-0.1, -0.05) is 15.9 Å². The lowest BCUT2D eigenvalue weighted by molar-refractivity contribution is -0.142. The van der Waals surface area contributed by atoms with Crippen LogP contribution in [0.1, 0.15) is 28.7 Å². The standard InChI is InChI=1S/C18H16BrN3O3S/c1-3-25-16(23)8-12-9-26-18(21-12)22-17(24)14-6-10(2)20-15-5-4-11(19)7-13(14)15/h4-7,9H,3,8H2,1-2H3,(H,21,22,24). The molecule has 134 valence electrons. The second kappa shape index (κ2) is 7.92. The lowest BCUT2D eigenvalue weighted by Gasteiger charge is -2.08. The van der Waals surface area contributed by atoms with Crippen molar-refractivity contribution in [2.45, 2.75) is 20.3 Å². The highest BCUT2D eigenvalue weighted by atomic mass is 79.9. The quantitative estimate of drug-likeness (QED) is 0.611. The molecule has 0 fully saturated rings. The van der Waals surface area contributed by atoms with E-state index >= 15 is 0 Å². The Kier molecular flexibility index (Phi) is 5.63. The number of pyridine rings is 1. The van der Waals surface area contributed by atoms with Gasteiger partial charge in [0.05, 0.1) is 29.8 Å². The van der Waals surface area contributed by atoms with Gasteiger partial charge in [0.25, 0.3) is 5.91 Å². The number of esters is 1. The van der Waals surface area contributed by atoms with Crippen molar-refractivity contribution in [1.29, 1.82) is 0 Å². The summed E-state index contributed by atoms with van der Waals surface area (Å²) in [4.78, 5) is 33.0. The van der Waals surface area contributed by atoms with Crippen LogP contribution in [0, 0.1) is 6.92 Å². The van der Waals surface area contributed by atoms with Gasteiger partial charge in [-0.15, -0.1) is 11.3 Å². The zero-order valence-corrected chi connectivity index (χ0v) is 16.6. The monoisotopic (exact) mass is 433 g/mol. The Hall–Kier alpha value is -2.32. The van der Waals surface area contributed by atoms with Crippen LogP contribution in [0.5, 0.6) is 0 Å². The average Bonchev–Trinajstić information content (AvgIpc) is 3.01. The number of halogens is 1.